The van der Waals surface area contributed by atoms with Crippen molar-refractivity contribution in [3.05, 3.63) is 58.6 Å². The van der Waals surface area contributed by atoms with Crippen molar-refractivity contribution in [2.45, 2.75) is 19.6 Å². The number of halogens is 1. The number of amides is 1. The zero-order valence-corrected chi connectivity index (χ0v) is 17.8. The Morgan fingerprint density at radius 2 is 1.77 bits per heavy atom. The first kappa shape index (κ1) is 22.2. The summed E-state index contributed by atoms with van der Waals surface area (Å²) in [5.74, 6) is -2.68. The van der Waals surface area contributed by atoms with E-state index in [0.29, 0.717) is 27.8 Å². The number of carbonyl (C=O) groups is 3. The summed E-state index contributed by atoms with van der Waals surface area (Å²) in [6, 6.07) is 11.5. The molecule has 1 heterocycles. The van der Waals surface area contributed by atoms with Crippen LogP contribution in [0.3, 0.4) is 0 Å². The fraction of sp³-hybridized carbons (Fsp3) is 0.227. The van der Waals surface area contributed by atoms with Crippen molar-refractivity contribution in [1.29, 1.82) is 0 Å². The van der Waals surface area contributed by atoms with Crippen LogP contribution >= 0.6 is 11.6 Å². The summed E-state index contributed by atoms with van der Waals surface area (Å²) in [5.41, 5.74) is 0.712. The lowest BCUT2D eigenvalue weighted by atomic mass is 10.1. The molecule has 0 unspecified atom stereocenters. The number of nitrogens with one attached hydrogen (secondary N) is 1. The molecule has 0 saturated carbocycles. The van der Waals surface area contributed by atoms with Crippen LogP contribution in [0.4, 0.5) is 5.69 Å². The van der Waals surface area contributed by atoms with E-state index in [1.165, 1.54) is 27.0 Å². The Morgan fingerprint density at radius 1 is 1.10 bits per heavy atom. The van der Waals surface area contributed by atoms with E-state index in [1.54, 1.807) is 42.5 Å². The van der Waals surface area contributed by atoms with Crippen molar-refractivity contribution < 1.29 is 33.3 Å². The van der Waals surface area contributed by atoms with E-state index in [-0.39, 0.29) is 12.2 Å². The van der Waals surface area contributed by atoms with Gasteiger partial charge in [-0.2, -0.15) is 0 Å². The summed E-state index contributed by atoms with van der Waals surface area (Å²) in [6.45, 7) is 2.66. The summed E-state index contributed by atoms with van der Waals surface area (Å²) >= 11 is 6.02. The monoisotopic (exact) mass is 445 g/mol. The summed E-state index contributed by atoms with van der Waals surface area (Å²) in [6.07, 6.45) is 1.33. The van der Waals surface area contributed by atoms with Crippen molar-refractivity contribution in [1.82, 2.24) is 0 Å². The molecule has 0 atom stereocenters. The first-order valence-electron chi connectivity index (χ1n) is 9.22. The molecule has 31 heavy (non-hydrogen) atoms. The molecule has 0 spiro atoms. The van der Waals surface area contributed by atoms with Crippen molar-refractivity contribution in [2.75, 3.05) is 19.0 Å². The number of hydrogen-bond acceptors (Lipinski definition) is 7. The predicted octanol–water partition coefficient (Wildman–Crippen LogP) is 3.59. The summed E-state index contributed by atoms with van der Waals surface area (Å²) < 4.78 is 21.0. The lowest BCUT2D eigenvalue weighted by Gasteiger charge is -2.29. The van der Waals surface area contributed by atoms with Crippen molar-refractivity contribution in [3.63, 3.8) is 0 Å². The molecule has 2 aromatic carbocycles. The van der Waals surface area contributed by atoms with Gasteiger partial charge in [-0.1, -0.05) is 29.8 Å². The molecular weight excluding hydrogens is 426 g/mol. The van der Waals surface area contributed by atoms with E-state index in [0.717, 1.165) is 0 Å². The second kappa shape index (κ2) is 9.09. The molecule has 1 fully saturated rings. The molecule has 0 aliphatic carbocycles. The van der Waals surface area contributed by atoms with Gasteiger partial charge in [0, 0.05) is 13.8 Å². The lowest BCUT2D eigenvalue weighted by molar-refractivity contribution is -0.222. The number of rotatable bonds is 6. The summed E-state index contributed by atoms with van der Waals surface area (Å²) in [4.78, 5) is 36.3. The number of para-hydroxylation sites is 1. The van der Waals surface area contributed by atoms with E-state index >= 15 is 0 Å². The molecule has 0 radical (unpaired) electrons. The third-order valence-corrected chi connectivity index (χ3v) is 4.45. The number of cyclic esters (lactones) is 2. The van der Waals surface area contributed by atoms with Gasteiger partial charge in [0.2, 0.25) is 0 Å². The molecule has 1 N–H and O–H groups in total. The molecule has 1 amide bonds. The first-order valence-corrected chi connectivity index (χ1v) is 9.60. The van der Waals surface area contributed by atoms with Crippen LogP contribution in [0.15, 0.2) is 48.0 Å². The second-order valence-corrected chi connectivity index (χ2v) is 7.37. The van der Waals surface area contributed by atoms with Crippen molar-refractivity contribution in [3.8, 4) is 11.5 Å². The fourth-order valence-electron chi connectivity index (χ4n) is 2.73. The molecule has 1 aliphatic rings. The average molecular weight is 446 g/mol. The van der Waals surface area contributed by atoms with Gasteiger partial charge in [0.05, 0.1) is 17.8 Å². The zero-order chi connectivity index (χ0) is 22.6. The normalized spacial score (nSPS) is 14.9. The Kier molecular flexibility index (Phi) is 6.50. The number of benzene rings is 2. The standard InChI is InChI=1S/C22H20ClNO7/c1-22(2)30-20(26)14(21(27)31-22)10-13-8-9-17(18(11-13)28-3)29-12-19(25)24-16-7-5-4-6-15(16)23/h4-11H,12H2,1-3H3,(H,24,25). The zero-order valence-electron chi connectivity index (χ0n) is 17.1. The molecule has 2 aromatic rings. The van der Waals surface area contributed by atoms with E-state index < -0.39 is 23.6 Å². The Hall–Kier alpha value is -3.52. The highest BCUT2D eigenvalue weighted by molar-refractivity contribution is 6.33. The van der Waals surface area contributed by atoms with Gasteiger partial charge < -0.3 is 24.3 Å². The molecular formula is C22H20ClNO7. The van der Waals surface area contributed by atoms with Crippen LogP contribution in [0.2, 0.25) is 5.02 Å². The van der Waals surface area contributed by atoms with E-state index in [9.17, 15) is 14.4 Å². The molecule has 1 aliphatic heterocycles. The SMILES string of the molecule is COc1cc(C=C2C(=O)OC(C)(C)OC2=O)ccc1OCC(=O)Nc1ccccc1Cl. The van der Waals surface area contributed by atoms with E-state index in [2.05, 4.69) is 5.32 Å². The van der Waals surface area contributed by atoms with Crippen LogP contribution in [-0.4, -0.2) is 37.3 Å². The Bertz CT molecular complexity index is 1040. The van der Waals surface area contributed by atoms with Crippen LogP contribution < -0.4 is 14.8 Å². The van der Waals surface area contributed by atoms with Crippen molar-refractivity contribution >= 4 is 41.2 Å². The molecule has 0 aromatic heterocycles. The maximum Gasteiger partial charge on any atom is 0.348 e. The van der Waals surface area contributed by atoms with Gasteiger partial charge in [0.25, 0.3) is 11.7 Å². The molecule has 0 bridgehead atoms. The maximum absolute atomic E-state index is 12.1. The number of methoxy groups -OCH3 is 1. The van der Waals surface area contributed by atoms with Gasteiger partial charge in [-0.15, -0.1) is 0 Å². The molecule has 9 heteroatoms. The Labute approximate surface area is 183 Å². The van der Waals surface area contributed by atoms with Crippen LogP contribution in [0.1, 0.15) is 19.4 Å². The van der Waals surface area contributed by atoms with Crippen molar-refractivity contribution in [2.24, 2.45) is 0 Å². The first-order chi connectivity index (χ1) is 14.7. The minimum absolute atomic E-state index is 0.242. The smallest absolute Gasteiger partial charge is 0.348 e. The molecule has 162 valence electrons. The summed E-state index contributed by atoms with van der Waals surface area (Å²) in [7, 11) is 1.43. The van der Waals surface area contributed by atoms with Gasteiger partial charge in [-0.3, -0.25) is 4.79 Å². The topological polar surface area (TPSA) is 100 Å². The largest absolute Gasteiger partial charge is 0.493 e. The third kappa shape index (κ3) is 5.55. The van der Waals surface area contributed by atoms with Crippen LogP contribution in [-0.2, 0) is 23.9 Å². The minimum Gasteiger partial charge on any atom is -0.493 e. The minimum atomic E-state index is -1.31. The van der Waals surface area contributed by atoms with Gasteiger partial charge >= 0.3 is 11.9 Å². The van der Waals surface area contributed by atoms with Gasteiger partial charge in [0.15, 0.2) is 18.1 Å². The highest BCUT2D eigenvalue weighted by Crippen LogP contribution is 2.30. The lowest BCUT2D eigenvalue weighted by Crippen LogP contribution is -2.41. The molecule has 1 saturated heterocycles. The predicted molar refractivity (Wildman–Crippen MR) is 113 cm³/mol. The summed E-state index contributed by atoms with van der Waals surface area (Å²) in [5, 5.41) is 3.06. The second-order valence-electron chi connectivity index (χ2n) is 6.96. The van der Waals surface area contributed by atoms with Crippen LogP contribution in [0, 0.1) is 0 Å². The quantitative estimate of drug-likeness (QED) is 0.412. The van der Waals surface area contributed by atoms with E-state index in [4.69, 9.17) is 30.5 Å². The highest BCUT2D eigenvalue weighted by Gasteiger charge is 2.38. The third-order valence-electron chi connectivity index (χ3n) is 4.12. The average Bonchev–Trinajstić information content (AvgIpc) is 2.70. The number of anilines is 1. The number of carbonyl (C=O) groups excluding carboxylic acids is 3. The Morgan fingerprint density at radius 3 is 2.42 bits per heavy atom. The van der Waals surface area contributed by atoms with Gasteiger partial charge in [0.1, 0.15) is 5.57 Å². The molecule has 3 rings (SSSR count). The highest BCUT2D eigenvalue weighted by atomic mass is 35.5. The van der Waals surface area contributed by atoms with Crippen LogP contribution in [0.25, 0.3) is 6.08 Å². The van der Waals surface area contributed by atoms with Gasteiger partial charge in [-0.25, -0.2) is 9.59 Å². The van der Waals surface area contributed by atoms with Gasteiger partial charge in [-0.05, 0) is 35.9 Å². The van der Waals surface area contributed by atoms with E-state index in [1.807, 2.05) is 0 Å². The van der Waals surface area contributed by atoms with Crippen LogP contribution in [0.5, 0.6) is 11.5 Å². The number of hydrogen-bond donors (Lipinski definition) is 1. The fourth-order valence-corrected chi connectivity index (χ4v) is 2.91. The maximum atomic E-state index is 12.1. The Balaban J connectivity index is 1.70. The number of esters is 2. The number of ether oxygens (including phenoxy) is 4. The molecule has 8 nitrogen and oxygen atoms in total.